The van der Waals surface area contributed by atoms with E-state index >= 15 is 4.39 Å². The van der Waals surface area contributed by atoms with E-state index < -0.39 is 77.7 Å². The lowest BCUT2D eigenvalue weighted by molar-refractivity contribution is -0.140. The van der Waals surface area contributed by atoms with E-state index in [4.69, 9.17) is 20.2 Å². The molecule has 2 aliphatic heterocycles. The number of hydrogen-bond acceptors (Lipinski definition) is 12. The zero-order chi connectivity index (χ0) is 58.8. The van der Waals surface area contributed by atoms with Crippen molar-refractivity contribution in [3.05, 3.63) is 120 Å². The van der Waals surface area contributed by atoms with Crippen molar-refractivity contribution >= 4 is 53.3 Å². The number of hydrogen-bond donors (Lipinski definition) is 6. The predicted molar refractivity (Wildman–Crippen MR) is 295 cm³/mol. The van der Waals surface area contributed by atoms with Gasteiger partial charge in [0.15, 0.2) is 0 Å². The van der Waals surface area contributed by atoms with Gasteiger partial charge in [-0.3, -0.25) is 33.7 Å². The average Bonchev–Trinajstić information content (AvgIpc) is 4.24. The Bertz CT molecular complexity index is 2860. The number of amides is 9. The van der Waals surface area contributed by atoms with E-state index in [2.05, 4.69) is 21.3 Å². The number of nitrogens with one attached hydrogen (secondary N) is 4. The minimum Gasteiger partial charge on any atom is -0.445 e. The number of unbranched alkanes of at least 4 members (excludes halogenated alkanes) is 2. The number of benzene rings is 3. The molecular weight excluding hydrogens is 1050 g/mol. The summed E-state index contributed by atoms with van der Waals surface area (Å²) in [5.74, 6) is -4.22. The number of carbonyl (C=O) groups excluding carboxylic acids is 8. The van der Waals surface area contributed by atoms with Crippen LogP contribution in [0.4, 0.5) is 24.1 Å². The molecule has 6 rings (SSSR count). The van der Waals surface area contributed by atoms with Gasteiger partial charge in [-0.2, -0.15) is 0 Å². The summed E-state index contributed by atoms with van der Waals surface area (Å²) in [7, 11) is 0. The van der Waals surface area contributed by atoms with Crippen LogP contribution in [0.5, 0.6) is 0 Å². The molecule has 0 saturated carbocycles. The minimum atomic E-state index is -1.10. The summed E-state index contributed by atoms with van der Waals surface area (Å²) in [5, 5.41) is 21.2. The largest absolute Gasteiger partial charge is 0.445 e. The molecule has 4 atom stereocenters. The Balaban J connectivity index is 1.07. The van der Waals surface area contributed by atoms with E-state index in [0.29, 0.717) is 36.3 Å². The van der Waals surface area contributed by atoms with E-state index in [1.165, 1.54) is 22.0 Å². The summed E-state index contributed by atoms with van der Waals surface area (Å²) in [6.45, 7) is 9.46. The third-order valence-electron chi connectivity index (χ3n) is 13.8. The van der Waals surface area contributed by atoms with E-state index in [1.54, 1.807) is 48.9 Å². The number of imide groups is 1. The number of primary amides is 1. The number of aliphatic hydroxyl groups excluding tert-OH is 1. The van der Waals surface area contributed by atoms with Crippen molar-refractivity contribution in [3.8, 4) is 11.3 Å². The molecule has 7 N–H and O–H groups in total. The molecule has 0 spiro atoms. The van der Waals surface area contributed by atoms with Crippen LogP contribution in [0.1, 0.15) is 103 Å². The van der Waals surface area contributed by atoms with Crippen molar-refractivity contribution in [2.45, 2.75) is 117 Å². The van der Waals surface area contributed by atoms with Gasteiger partial charge >= 0.3 is 12.1 Å². The molecule has 0 aliphatic carbocycles. The number of halogens is 2. The van der Waals surface area contributed by atoms with Crippen LogP contribution >= 0.6 is 0 Å². The standard InChI is InChI=1S/C58H74F2N10O11/c1-37(2)51(66-47(72)16-10-7-11-27-69-48(73)23-24-49(69)74)55(77)65-45(15-12-26-62-56(61)78)54(76)63-41-20-17-39(18-21-41)35-81-57(79)68-29-30-80-36-42(68)25-28-70(50(75)34-71)52(58(3,4)5)53-64-46(43-31-40(59)19-22-44(43)60)33-67(53)32-38-13-8-6-9-14-38/h6,8-9,13-14,17-24,31,33,37,42,45,51-52,71H,7,10-12,15-16,25-30,32,34-36H2,1-5H3,(H,63,76)(H,65,77)(H,66,72)(H3,61,62,78)/t42-,45+,51+,52+/m1/s1. The number of urea groups is 1. The van der Waals surface area contributed by atoms with Crippen LogP contribution in [0.15, 0.2) is 91.1 Å². The Kier molecular flexibility index (Phi) is 22.6. The molecule has 1 fully saturated rings. The molecular formula is C58H74F2N10O11. The van der Waals surface area contributed by atoms with Crippen LogP contribution in [0.3, 0.4) is 0 Å². The molecule has 1 saturated heterocycles. The summed E-state index contributed by atoms with van der Waals surface area (Å²) in [5.41, 5.74) is 6.42. The van der Waals surface area contributed by atoms with Crippen LogP contribution in [-0.4, -0.2) is 141 Å². The molecule has 436 valence electrons. The maximum absolute atomic E-state index is 15.3. The van der Waals surface area contributed by atoms with Crippen molar-refractivity contribution in [2.24, 2.45) is 17.1 Å². The monoisotopic (exact) mass is 1120 g/mol. The Morgan fingerprint density at radius 2 is 1.62 bits per heavy atom. The number of ether oxygens (including phenoxy) is 2. The van der Waals surface area contributed by atoms with Crippen molar-refractivity contribution in [1.29, 1.82) is 0 Å². The number of morpholine rings is 1. The highest BCUT2D eigenvalue weighted by molar-refractivity contribution is 6.12. The summed E-state index contributed by atoms with van der Waals surface area (Å²) < 4.78 is 43.2. The third-order valence-corrected chi connectivity index (χ3v) is 13.8. The molecule has 9 amide bonds. The van der Waals surface area contributed by atoms with E-state index in [-0.39, 0.29) is 113 Å². The maximum Gasteiger partial charge on any atom is 0.410 e. The van der Waals surface area contributed by atoms with E-state index in [1.807, 2.05) is 51.1 Å². The number of imidazole rings is 1. The zero-order valence-electron chi connectivity index (χ0n) is 46.5. The van der Waals surface area contributed by atoms with Crippen LogP contribution < -0.4 is 27.0 Å². The van der Waals surface area contributed by atoms with Crippen LogP contribution in [0.2, 0.25) is 0 Å². The Hall–Kier alpha value is -8.05. The Morgan fingerprint density at radius 1 is 0.901 bits per heavy atom. The van der Waals surface area contributed by atoms with Gasteiger partial charge in [0.25, 0.3) is 11.8 Å². The Morgan fingerprint density at radius 3 is 2.28 bits per heavy atom. The minimum absolute atomic E-state index is 0.0357. The molecule has 1 aromatic heterocycles. The number of anilines is 1. The fourth-order valence-electron chi connectivity index (χ4n) is 9.64. The fourth-order valence-corrected chi connectivity index (χ4v) is 9.64. The lowest BCUT2D eigenvalue weighted by atomic mass is 9.84. The van der Waals surface area contributed by atoms with Gasteiger partial charge in [-0.25, -0.2) is 23.4 Å². The number of carbonyl (C=O) groups is 8. The maximum atomic E-state index is 15.3. The summed E-state index contributed by atoms with van der Waals surface area (Å²) in [6.07, 6.45) is 5.59. The highest BCUT2D eigenvalue weighted by Gasteiger charge is 2.40. The summed E-state index contributed by atoms with van der Waals surface area (Å²) in [6, 6.07) is 14.9. The number of nitrogens with zero attached hydrogens (tertiary/aromatic N) is 5. The lowest BCUT2D eigenvalue weighted by Gasteiger charge is -2.41. The fraction of sp³-hybridized carbons (Fsp3) is 0.466. The summed E-state index contributed by atoms with van der Waals surface area (Å²) >= 11 is 0. The van der Waals surface area contributed by atoms with Gasteiger partial charge in [-0.1, -0.05) is 83.5 Å². The van der Waals surface area contributed by atoms with Gasteiger partial charge in [-0.15, -0.1) is 0 Å². The highest BCUT2D eigenvalue weighted by atomic mass is 19.1. The molecule has 0 bridgehead atoms. The molecule has 23 heteroatoms. The van der Waals surface area contributed by atoms with E-state index in [9.17, 15) is 47.9 Å². The van der Waals surface area contributed by atoms with Gasteiger partial charge in [0.05, 0.1) is 31.0 Å². The SMILES string of the molecule is CC(C)[C@H](NC(=O)CCCCCN1C(=O)C=CC1=O)C(=O)N[C@@H](CCCNC(N)=O)C(=O)Nc1ccc(COC(=O)N2CCOC[C@H]2CCN(C(=O)CO)[C@@H](c2nc(-c3cc(F)ccc3F)cn2Cc2ccccc2)C(C)(C)C)cc1. The number of rotatable bonds is 27. The van der Waals surface area contributed by atoms with Gasteiger partial charge in [0.1, 0.15) is 42.8 Å². The molecule has 0 unspecified atom stereocenters. The topological polar surface area (TPSA) is 277 Å². The second-order valence-corrected chi connectivity index (χ2v) is 21.4. The van der Waals surface area contributed by atoms with Crippen LogP contribution in [-0.2, 0) is 51.4 Å². The second kappa shape index (κ2) is 29.4. The lowest BCUT2D eigenvalue weighted by Crippen LogP contribution is -2.54. The van der Waals surface area contributed by atoms with Crippen molar-refractivity contribution in [3.63, 3.8) is 0 Å². The molecule has 2 aliphatic rings. The first-order valence-corrected chi connectivity index (χ1v) is 27.2. The average molecular weight is 1130 g/mol. The molecule has 81 heavy (non-hydrogen) atoms. The van der Waals surface area contributed by atoms with Crippen molar-refractivity contribution in [2.75, 3.05) is 51.3 Å². The first kappa shape index (κ1) is 62.2. The van der Waals surface area contributed by atoms with Gasteiger partial charge in [-0.05, 0) is 84.9 Å². The quantitative estimate of drug-likeness (QED) is 0.0310. The van der Waals surface area contributed by atoms with Gasteiger partial charge in [0, 0.05) is 68.7 Å². The van der Waals surface area contributed by atoms with Gasteiger partial charge in [0.2, 0.25) is 23.6 Å². The molecule has 0 radical (unpaired) electrons. The molecule has 4 aromatic rings. The number of aromatic nitrogens is 2. The van der Waals surface area contributed by atoms with Crippen molar-refractivity contribution < 1.29 is 61.7 Å². The first-order chi connectivity index (χ1) is 38.6. The third kappa shape index (κ3) is 18.0. The second-order valence-electron chi connectivity index (χ2n) is 21.4. The zero-order valence-corrected chi connectivity index (χ0v) is 46.5. The van der Waals surface area contributed by atoms with Gasteiger partial charge < -0.3 is 55.9 Å². The predicted octanol–water partition coefficient (Wildman–Crippen LogP) is 5.71. The number of aliphatic hydroxyl groups is 1. The normalized spacial score (nSPS) is 15.5. The smallest absolute Gasteiger partial charge is 0.410 e. The molecule has 3 heterocycles. The number of nitrogens with two attached hydrogens (primary N) is 1. The highest BCUT2D eigenvalue weighted by Crippen LogP contribution is 2.40. The molecule has 3 aromatic carbocycles. The van der Waals surface area contributed by atoms with E-state index in [0.717, 1.165) is 28.7 Å². The first-order valence-electron chi connectivity index (χ1n) is 27.2. The van der Waals surface area contributed by atoms with Crippen molar-refractivity contribution in [1.82, 2.24) is 40.2 Å². The van der Waals surface area contributed by atoms with Crippen LogP contribution in [0, 0.1) is 23.0 Å². The van der Waals surface area contributed by atoms with Crippen LogP contribution in [0.25, 0.3) is 11.3 Å². The molecule has 21 nitrogen and oxygen atoms in total. The Labute approximate surface area is 470 Å². The summed E-state index contributed by atoms with van der Waals surface area (Å²) in [4.78, 5) is 112.